The molecule has 0 atom stereocenters. The highest BCUT2D eigenvalue weighted by atomic mass is 32.1. The SMILES string of the molecule is Cc1ccc(-c2ccc(-c3cc(C(F)(F)F)c(N)c(=O)n3Cc3ccc(F)cc3F)s2)c2ccccc12. The van der Waals surface area contributed by atoms with Gasteiger partial charge in [0.1, 0.15) is 17.3 Å². The van der Waals surface area contributed by atoms with E-state index in [9.17, 15) is 26.7 Å². The third-order valence-corrected chi connectivity index (χ3v) is 7.39. The molecule has 188 valence electrons. The molecule has 5 aromatic rings. The van der Waals surface area contributed by atoms with E-state index in [0.29, 0.717) is 10.9 Å². The van der Waals surface area contributed by atoms with Gasteiger partial charge in [0, 0.05) is 16.5 Å². The number of nitrogen functional groups attached to an aromatic ring is 1. The maximum absolute atomic E-state index is 14.4. The molecule has 0 spiro atoms. The molecule has 2 N–H and O–H groups in total. The van der Waals surface area contributed by atoms with Crippen molar-refractivity contribution in [2.75, 3.05) is 5.73 Å². The zero-order valence-electron chi connectivity index (χ0n) is 19.4. The smallest absolute Gasteiger partial charge is 0.394 e. The number of hydrogen-bond acceptors (Lipinski definition) is 3. The number of benzene rings is 3. The lowest BCUT2D eigenvalue weighted by molar-refractivity contribution is -0.137. The Labute approximate surface area is 212 Å². The number of rotatable bonds is 4. The van der Waals surface area contributed by atoms with Gasteiger partial charge in [0.05, 0.1) is 22.7 Å². The van der Waals surface area contributed by atoms with Crippen LogP contribution in [0.25, 0.3) is 31.8 Å². The molecule has 0 radical (unpaired) electrons. The van der Waals surface area contributed by atoms with Crippen LogP contribution in [0.3, 0.4) is 0 Å². The lowest BCUT2D eigenvalue weighted by Crippen LogP contribution is -2.28. The predicted molar refractivity (Wildman–Crippen MR) is 137 cm³/mol. The van der Waals surface area contributed by atoms with Crippen LogP contribution in [0.5, 0.6) is 0 Å². The fraction of sp³-hybridized carbons (Fsp3) is 0.107. The molecule has 2 aromatic heterocycles. The number of fused-ring (bicyclic) bond motifs is 1. The Balaban J connectivity index is 1.70. The van der Waals surface area contributed by atoms with Gasteiger partial charge in [-0.3, -0.25) is 4.79 Å². The van der Waals surface area contributed by atoms with Crippen molar-refractivity contribution in [3.63, 3.8) is 0 Å². The Morgan fingerprint density at radius 3 is 2.30 bits per heavy atom. The summed E-state index contributed by atoms with van der Waals surface area (Å²) in [5.74, 6) is -1.73. The van der Waals surface area contributed by atoms with Gasteiger partial charge < -0.3 is 10.3 Å². The fourth-order valence-electron chi connectivity index (χ4n) is 4.36. The number of anilines is 1. The van der Waals surface area contributed by atoms with Crippen LogP contribution in [0.4, 0.5) is 27.6 Å². The van der Waals surface area contributed by atoms with Crippen LogP contribution in [0.1, 0.15) is 16.7 Å². The van der Waals surface area contributed by atoms with Gasteiger partial charge in [0.25, 0.3) is 5.56 Å². The van der Waals surface area contributed by atoms with Gasteiger partial charge in [-0.1, -0.05) is 42.5 Å². The van der Waals surface area contributed by atoms with Crippen molar-refractivity contribution in [1.29, 1.82) is 0 Å². The molecule has 0 saturated heterocycles. The predicted octanol–water partition coefficient (Wildman–Crippen LogP) is 7.63. The second-order valence-electron chi connectivity index (χ2n) is 8.62. The summed E-state index contributed by atoms with van der Waals surface area (Å²) in [6, 6.07) is 18.7. The maximum atomic E-state index is 14.4. The van der Waals surface area contributed by atoms with Crippen LogP contribution in [0, 0.1) is 18.6 Å². The number of aryl methyl sites for hydroxylation is 1. The third kappa shape index (κ3) is 4.51. The van der Waals surface area contributed by atoms with E-state index in [0.717, 1.165) is 49.5 Å². The molecule has 3 aromatic carbocycles. The van der Waals surface area contributed by atoms with Crippen LogP contribution in [0.15, 0.2) is 77.6 Å². The number of pyridine rings is 1. The lowest BCUT2D eigenvalue weighted by atomic mass is 9.99. The van der Waals surface area contributed by atoms with Crippen molar-refractivity contribution in [2.24, 2.45) is 0 Å². The molecular formula is C28H19F5N2OS. The maximum Gasteiger partial charge on any atom is 0.418 e. The quantitative estimate of drug-likeness (QED) is 0.245. The Bertz CT molecular complexity index is 1720. The number of nitrogens with zero attached hydrogens (tertiary/aromatic N) is 1. The minimum atomic E-state index is -4.87. The first-order chi connectivity index (χ1) is 17.5. The van der Waals surface area contributed by atoms with E-state index >= 15 is 0 Å². The molecule has 0 unspecified atom stereocenters. The van der Waals surface area contributed by atoms with Crippen molar-refractivity contribution in [3.8, 4) is 21.0 Å². The minimum Gasteiger partial charge on any atom is -0.394 e. The normalized spacial score (nSPS) is 11.8. The number of aromatic nitrogens is 1. The topological polar surface area (TPSA) is 48.0 Å². The van der Waals surface area contributed by atoms with Crippen LogP contribution in [0.2, 0.25) is 0 Å². The molecule has 9 heteroatoms. The second kappa shape index (κ2) is 9.15. The Hall–Kier alpha value is -3.98. The summed E-state index contributed by atoms with van der Waals surface area (Å²) in [6.45, 7) is 1.57. The summed E-state index contributed by atoms with van der Waals surface area (Å²) in [4.78, 5) is 14.2. The van der Waals surface area contributed by atoms with E-state index in [1.807, 2.05) is 43.3 Å². The summed E-state index contributed by atoms with van der Waals surface area (Å²) in [6.07, 6.45) is -4.87. The molecule has 37 heavy (non-hydrogen) atoms. The molecule has 3 nitrogen and oxygen atoms in total. The average molecular weight is 527 g/mol. The molecule has 0 aliphatic carbocycles. The van der Waals surface area contributed by atoms with Crippen molar-refractivity contribution < 1.29 is 22.0 Å². The molecule has 0 aliphatic heterocycles. The fourth-order valence-corrected chi connectivity index (χ4v) is 5.43. The second-order valence-corrected chi connectivity index (χ2v) is 9.70. The first kappa shape index (κ1) is 24.7. The third-order valence-electron chi connectivity index (χ3n) is 6.25. The Kier molecular flexibility index (Phi) is 6.11. The van der Waals surface area contributed by atoms with Gasteiger partial charge in [-0.25, -0.2) is 8.78 Å². The molecule has 0 saturated carbocycles. The van der Waals surface area contributed by atoms with Crippen LogP contribution in [-0.2, 0) is 12.7 Å². The van der Waals surface area contributed by atoms with Gasteiger partial charge in [-0.15, -0.1) is 11.3 Å². The highest BCUT2D eigenvalue weighted by molar-refractivity contribution is 7.18. The number of nitrogens with two attached hydrogens (primary N) is 1. The highest BCUT2D eigenvalue weighted by Crippen LogP contribution is 2.40. The number of halogens is 5. The monoisotopic (exact) mass is 526 g/mol. The number of hydrogen-bond donors (Lipinski definition) is 1. The zero-order valence-corrected chi connectivity index (χ0v) is 20.2. The van der Waals surface area contributed by atoms with Crippen molar-refractivity contribution >= 4 is 27.8 Å². The molecule has 2 heterocycles. The van der Waals surface area contributed by atoms with Crippen LogP contribution >= 0.6 is 11.3 Å². The number of alkyl halides is 3. The van der Waals surface area contributed by atoms with Gasteiger partial charge in [-0.2, -0.15) is 13.2 Å². The highest BCUT2D eigenvalue weighted by Gasteiger charge is 2.36. The Morgan fingerprint density at radius 2 is 1.59 bits per heavy atom. The summed E-state index contributed by atoms with van der Waals surface area (Å²) in [5.41, 5.74) is 4.09. The van der Waals surface area contributed by atoms with Crippen LogP contribution in [-0.4, -0.2) is 4.57 Å². The van der Waals surface area contributed by atoms with Crippen molar-refractivity contribution in [2.45, 2.75) is 19.6 Å². The lowest BCUT2D eigenvalue weighted by Gasteiger charge is -2.17. The molecule has 5 rings (SSSR count). The molecule has 0 amide bonds. The van der Waals surface area contributed by atoms with Gasteiger partial charge >= 0.3 is 6.18 Å². The van der Waals surface area contributed by atoms with E-state index in [1.165, 1.54) is 11.3 Å². The molecular weight excluding hydrogens is 507 g/mol. The standard InChI is InChI=1S/C28H19F5N2OS/c1-15-6-9-20(19-5-3-2-4-18(15)19)24-10-11-25(37-24)23-13-21(28(31,32)33)26(34)27(36)35(23)14-16-7-8-17(29)12-22(16)30/h2-13H,14,34H2,1H3. The zero-order chi connectivity index (χ0) is 26.5. The molecule has 0 bridgehead atoms. The summed E-state index contributed by atoms with van der Waals surface area (Å²) >= 11 is 1.20. The van der Waals surface area contributed by atoms with Crippen molar-refractivity contribution in [3.05, 3.63) is 111 Å². The van der Waals surface area contributed by atoms with E-state index < -0.39 is 41.2 Å². The largest absolute Gasteiger partial charge is 0.418 e. The molecule has 0 fully saturated rings. The summed E-state index contributed by atoms with van der Waals surface area (Å²) in [5, 5.41) is 2.03. The average Bonchev–Trinajstić information content (AvgIpc) is 3.33. The summed E-state index contributed by atoms with van der Waals surface area (Å²) < 4.78 is 70.1. The number of thiophene rings is 1. The van der Waals surface area contributed by atoms with E-state index in [1.54, 1.807) is 12.1 Å². The summed E-state index contributed by atoms with van der Waals surface area (Å²) in [7, 11) is 0. The Morgan fingerprint density at radius 1 is 0.892 bits per heavy atom. The van der Waals surface area contributed by atoms with Crippen molar-refractivity contribution in [1.82, 2.24) is 4.57 Å². The van der Waals surface area contributed by atoms with Crippen LogP contribution < -0.4 is 11.3 Å². The van der Waals surface area contributed by atoms with Gasteiger partial charge in [0.2, 0.25) is 0 Å². The van der Waals surface area contributed by atoms with Gasteiger partial charge in [-0.05, 0) is 53.1 Å². The van der Waals surface area contributed by atoms with E-state index in [4.69, 9.17) is 5.73 Å². The minimum absolute atomic E-state index is 0.0646. The first-order valence-electron chi connectivity index (χ1n) is 11.2. The first-order valence-corrected chi connectivity index (χ1v) is 12.0. The van der Waals surface area contributed by atoms with E-state index in [-0.39, 0.29) is 11.3 Å². The molecule has 0 aliphatic rings. The van der Waals surface area contributed by atoms with E-state index in [2.05, 4.69) is 0 Å². The van der Waals surface area contributed by atoms with Gasteiger partial charge in [0.15, 0.2) is 0 Å².